The van der Waals surface area contributed by atoms with Crippen LogP contribution in [0, 0.1) is 0 Å². The second-order valence-electron chi connectivity index (χ2n) is 10.8. The Hall–Kier alpha value is -6.25. The van der Waals surface area contributed by atoms with Gasteiger partial charge in [0.2, 0.25) is 0 Å². The minimum atomic E-state index is -0.579. The molecule has 0 amide bonds. The Morgan fingerprint density at radius 3 is 1.66 bits per heavy atom. The summed E-state index contributed by atoms with van der Waals surface area (Å²) in [5, 5.41) is 1.53. The molecule has 0 saturated heterocycles. The lowest BCUT2D eigenvalue weighted by molar-refractivity contribution is 1.10. The summed E-state index contributed by atoms with van der Waals surface area (Å²) in [5.41, 5.74) is 2.81. The Morgan fingerprint density at radius 1 is 0.447 bits per heavy atom. The number of hydrogen-bond acceptors (Lipinski definition) is 1. The number of para-hydroxylation sites is 3. The SMILES string of the molecule is [2H]c1c([2H])c([2H])c(-c2c3ccccc3c(-c3c([2H])c([2H])c([2H])c([2H])c3[2H])c3cc(-c4ccccc4-c4nc5ccccc5n4-c4c([2H])c([2H])c([2H])c([2H])c4[2H])ccc23)c([2H])c1[2H]. The highest BCUT2D eigenvalue weighted by molar-refractivity contribution is 6.22. The molecule has 0 aliphatic carbocycles. The Kier molecular flexibility index (Phi) is 3.80. The van der Waals surface area contributed by atoms with Gasteiger partial charge in [-0.1, -0.05) is 151 Å². The summed E-state index contributed by atoms with van der Waals surface area (Å²) in [7, 11) is 0. The van der Waals surface area contributed by atoms with Gasteiger partial charge in [-0.15, -0.1) is 0 Å². The van der Waals surface area contributed by atoms with Crippen LogP contribution in [0.25, 0.3) is 83.0 Å². The molecule has 220 valence electrons. The van der Waals surface area contributed by atoms with Crippen molar-refractivity contribution < 1.29 is 20.6 Å². The van der Waals surface area contributed by atoms with Gasteiger partial charge < -0.3 is 0 Å². The summed E-state index contributed by atoms with van der Waals surface area (Å²) in [5.74, 6) is 0.254. The van der Waals surface area contributed by atoms with Crippen LogP contribution in [-0.4, -0.2) is 9.55 Å². The number of aromatic nitrogens is 2. The fourth-order valence-electron chi connectivity index (χ4n) is 6.35. The summed E-state index contributed by atoms with van der Waals surface area (Å²) >= 11 is 0. The van der Waals surface area contributed by atoms with E-state index in [1.807, 2.05) is 6.07 Å². The van der Waals surface area contributed by atoms with Crippen molar-refractivity contribution in [2.75, 3.05) is 0 Å². The lowest BCUT2D eigenvalue weighted by atomic mass is 9.84. The molecule has 0 radical (unpaired) electrons. The van der Waals surface area contributed by atoms with Crippen molar-refractivity contribution in [2.24, 2.45) is 0 Å². The van der Waals surface area contributed by atoms with Gasteiger partial charge in [0.05, 0.1) is 31.6 Å². The zero-order chi connectivity index (χ0) is 44.2. The van der Waals surface area contributed by atoms with Crippen molar-refractivity contribution in [1.29, 1.82) is 0 Å². The van der Waals surface area contributed by atoms with Crippen molar-refractivity contribution in [3.8, 4) is 50.5 Å². The highest BCUT2D eigenvalue weighted by Crippen LogP contribution is 2.45. The van der Waals surface area contributed by atoms with Crippen molar-refractivity contribution in [3.63, 3.8) is 0 Å². The molecule has 0 spiro atoms. The average Bonchev–Trinajstić information content (AvgIpc) is 3.67. The molecule has 9 aromatic rings. The van der Waals surface area contributed by atoms with Gasteiger partial charge in [-0.05, 0) is 85.2 Å². The van der Waals surface area contributed by atoms with Crippen LogP contribution in [-0.2, 0) is 0 Å². The van der Waals surface area contributed by atoms with Crippen molar-refractivity contribution in [3.05, 3.63) is 182 Å². The van der Waals surface area contributed by atoms with E-state index in [1.54, 1.807) is 84.9 Å². The van der Waals surface area contributed by atoms with E-state index in [2.05, 4.69) is 0 Å². The minimum Gasteiger partial charge on any atom is -0.292 e. The van der Waals surface area contributed by atoms with E-state index in [1.165, 1.54) is 4.57 Å². The molecular formula is C45H30N2. The number of rotatable bonds is 5. The first kappa shape index (κ1) is 15.8. The Labute approximate surface area is 294 Å². The van der Waals surface area contributed by atoms with Crippen LogP contribution in [0.3, 0.4) is 0 Å². The van der Waals surface area contributed by atoms with E-state index in [0.29, 0.717) is 49.3 Å². The number of benzene rings is 8. The van der Waals surface area contributed by atoms with Crippen LogP contribution < -0.4 is 0 Å². The summed E-state index contributed by atoms with van der Waals surface area (Å²) in [4.78, 5) is 4.95. The average molecular weight is 614 g/mol. The molecule has 47 heavy (non-hydrogen) atoms. The van der Waals surface area contributed by atoms with Gasteiger partial charge in [0.1, 0.15) is 5.82 Å². The van der Waals surface area contributed by atoms with Gasteiger partial charge in [0.25, 0.3) is 0 Å². The standard InChI is InChI=1S/C45H30N2/c1-4-16-31(17-5-1)43-36-23-11-12-24-37(36)44(32-18-6-2-7-19-32)40-30-33(28-29-38(40)43)35-22-10-13-25-39(35)45-46-41-26-14-15-27-42(41)47(45)34-20-8-3-9-21-34/h1-30H/i1D,2D,3D,4D,5D,6D,7D,8D,9D,16D,17D,18D,19D,20D,21D. The normalized spacial score (nSPS) is 15.9. The number of nitrogens with zero attached hydrogens (tertiary/aromatic N) is 2. The molecule has 0 saturated carbocycles. The molecule has 2 nitrogen and oxygen atoms in total. The largest absolute Gasteiger partial charge is 0.292 e. The van der Waals surface area contributed by atoms with Gasteiger partial charge >= 0.3 is 0 Å². The zero-order valence-electron chi connectivity index (χ0n) is 39.6. The fraction of sp³-hybridized carbons (Fsp3) is 0. The lowest BCUT2D eigenvalue weighted by Gasteiger charge is -2.19. The quantitative estimate of drug-likeness (QED) is 0.177. The number of fused-ring (bicyclic) bond motifs is 3. The molecule has 0 aliphatic rings. The van der Waals surface area contributed by atoms with Crippen molar-refractivity contribution in [1.82, 2.24) is 9.55 Å². The summed E-state index contributed by atoms with van der Waals surface area (Å²) in [6, 6.07) is 18.6. The van der Waals surface area contributed by atoms with E-state index in [-0.39, 0.29) is 33.8 Å². The fourth-order valence-corrected chi connectivity index (χ4v) is 6.35. The summed E-state index contributed by atoms with van der Waals surface area (Å²) < 4.78 is 132. The topological polar surface area (TPSA) is 17.8 Å². The van der Waals surface area contributed by atoms with Crippen LogP contribution >= 0.6 is 0 Å². The maximum Gasteiger partial charge on any atom is 0.146 e. The van der Waals surface area contributed by atoms with Crippen LogP contribution in [0.5, 0.6) is 0 Å². The lowest BCUT2D eigenvalue weighted by Crippen LogP contribution is -1.98. The Balaban J connectivity index is 1.43. The predicted octanol–water partition coefficient (Wildman–Crippen LogP) is 12.0. The van der Waals surface area contributed by atoms with Gasteiger partial charge in [0, 0.05) is 11.3 Å². The van der Waals surface area contributed by atoms with Gasteiger partial charge in [-0.2, -0.15) is 0 Å². The highest BCUT2D eigenvalue weighted by Gasteiger charge is 2.20. The van der Waals surface area contributed by atoms with Gasteiger partial charge in [-0.3, -0.25) is 4.57 Å². The smallest absolute Gasteiger partial charge is 0.146 e. The second kappa shape index (κ2) is 11.3. The highest BCUT2D eigenvalue weighted by atomic mass is 15.1. The molecule has 0 unspecified atom stereocenters. The van der Waals surface area contributed by atoms with E-state index in [4.69, 9.17) is 25.5 Å². The zero-order valence-corrected chi connectivity index (χ0v) is 24.6. The third-order valence-electron chi connectivity index (χ3n) is 8.27. The maximum absolute atomic E-state index is 9.11. The second-order valence-corrected chi connectivity index (χ2v) is 10.8. The molecule has 0 N–H and O–H groups in total. The first-order valence-electron chi connectivity index (χ1n) is 22.3. The minimum absolute atomic E-state index is 0.0784. The third kappa shape index (κ3) is 4.54. The number of hydrogen-bond donors (Lipinski definition) is 0. The van der Waals surface area contributed by atoms with E-state index >= 15 is 0 Å². The first-order chi connectivity index (χ1) is 29.6. The molecule has 9 rings (SSSR count). The van der Waals surface area contributed by atoms with Gasteiger partial charge in [0.15, 0.2) is 0 Å². The first-order valence-corrected chi connectivity index (χ1v) is 14.8. The molecule has 1 aromatic heterocycles. The molecule has 1 heterocycles. The molecule has 0 bridgehead atoms. The van der Waals surface area contributed by atoms with Crippen LogP contribution in [0.1, 0.15) is 20.6 Å². The summed E-state index contributed by atoms with van der Waals surface area (Å²) in [6.07, 6.45) is 0. The van der Waals surface area contributed by atoms with E-state index < -0.39 is 90.6 Å². The van der Waals surface area contributed by atoms with E-state index in [9.17, 15) is 0 Å². The molecule has 0 aliphatic heterocycles. The summed E-state index contributed by atoms with van der Waals surface area (Å²) in [6.45, 7) is 0. The van der Waals surface area contributed by atoms with Crippen LogP contribution in [0.15, 0.2) is 182 Å². The molecule has 0 fully saturated rings. The van der Waals surface area contributed by atoms with Crippen molar-refractivity contribution in [2.45, 2.75) is 0 Å². The van der Waals surface area contributed by atoms with Crippen LogP contribution in [0.4, 0.5) is 0 Å². The van der Waals surface area contributed by atoms with E-state index in [0.717, 1.165) is 0 Å². The molecule has 8 aromatic carbocycles. The Bertz CT molecular complexity index is 3350. The molecule has 2 heteroatoms. The molecule has 0 atom stereocenters. The van der Waals surface area contributed by atoms with Crippen LogP contribution in [0.2, 0.25) is 0 Å². The van der Waals surface area contributed by atoms with Crippen molar-refractivity contribution >= 4 is 32.6 Å². The predicted molar refractivity (Wildman–Crippen MR) is 198 cm³/mol. The number of imidazole rings is 1. The Morgan fingerprint density at radius 2 is 0.979 bits per heavy atom. The van der Waals surface area contributed by atoms with Gasteiger partial charge in [-0.25, -0.2) is 4.98 Å². The molecular weight excluding hydrogens is 569 g/mol. The third-order valence-corrected chi connectivity index (χ3v) is 8.27. The monoisotopic (exact) mass is 613 g/mol. The maximum atomic E-state index is 9.11.